The predicted molar refractivity (Wildman–Crippen MR) is 86.0 cm³/mol. The van der Waals surface area contributed by atoms with Crippen molar-refractivity contribution < 1.29 is 18.3 Å². The summed E-state index contributed by atoms with van der Waals surface area (Å²) in [4.78, 5) is 4.32. The molecule has 3 aromatic rings. The minimum atomic E-state index is -3.55. The highest BCUT2D eigenvalue weighted by Crippen LogP contribution is 2.36. The average molecular weight is 354 g/mol. The van der Waals surface area contributed by atoms with Crippen molar-refractivity contribution >= 4 is 17.2 Å². The molecule has 0 aliphatic rings. The molecule has 3 rings (SSSR count). The van der Waals surface area contributed by atoms with Crippen molar-refractivity contribution in [3.63, 3.8) is 0 Å². The van der Waals surface area contributed by atoms with Gasteiger partial charge in [-0.1, -0.05) is 6.07 Å². The lowest BCUT2D eigenvalue weighted by molar-refractivity contribution is 0.0871. The molecule has 0 aliphatic carbocycles. The summed E-state index contributed by atoms with van der Waals surface area (Å²) in [5.74, 6) is 1.08. The fourth-order valence-electron chi connectivity index (χ4n) is 2.49. The number of ether oxygens (including phenoxy) is 2. The molecule has 0 fully saturated rings. The monoisotopic (exact) mass is 353 g/mol. The maximum absolute atomic E-state index is 13.6. The molecule has 126 valence electrons. The number of benzene rings is 1. The SMILES string of the molecule is COc1ccc(-c2cnn3c(C(F)(F)Cl)cc(C)nc23)cc1OC. The first-order chi connectivity index (χ1) is 11.3. The van der Waals surface area contributed by atoms with Gasteiger partial charge >= 0.3 is 5.38 Å². The minimum absolute atomic E-state index is 0.289. The zero-order chi connectivity index (χ0) is 17.5. The van der Waals surface area contributed by atoms with Crippen molar-refractivity contribution in [3.05, 3.63) is 41.9 Å². The Labute approximate surface area is 141 Å². The Kier molecular flexibility index (Phi) is 4.04. The number of nitrogens with zero attached hydrogens (tertiary/aromatic N) is 3. The van der Waals surface area contributed by atoms with Crippen LogP contribution in [-0.2, 0) is 5.38 Å². The summed E-state index contributed by atoms with van der Waals surface area (Å²) in [5, 5.41) is 0.470. The third-order valence-corrected chi connectivity index (χ3v) is 3.78. The van der Waals surface area contributed by atoms with Crippen LogP contribution in [0.2, 0.25) is 0 Å². The van der Waals surface area contributed by atoms with Crippen LogP contribution in [0.25, 0.3) is 16.8 Å². The standard InChI is InChI=1S/C16H14ClF2N3O2/c1-9-6-14(16(17,18)19)22-15(21-9)11(8-20-22)10-4-5-12(23-2)13(7-10)24-3/h4-8H,1-3H3. The van der Waals surface area contributed by atoms with Gasteiger partial charge in [0.15, 0.2) is 17.1 Å². The van der Waals surface area contributed by atoms with Gasteiger partial charge in [0, 0.05) is 11.3 Å². The topological polar surface area (TPSA) is 48.7 Å². The van der Waals surface area contributed by atoms with E-state index in [9.17, 15) is 8.78 Å². The lowest BCUT2D eigenvalue weighted by Crippen LogP contribution is -2.12. The highest BCUT2D eigenvalue weighted by molar-refractivity contribution is 6.21. The molecule has 0 saturated heterocycles. The highest BCUT2D eigenvalue weighted by atomic mass is 35.5. The number of aromatic nitrogens is 3. The van der Waals surface area contributed by atoms with E-state index in [1.165, 1.54) is 26.5 Å². The maximum atomic E-state index is 13.6. The van der Waals surface area contributed by atoms with Crippen LogP contribution in [0, 0.1) is 6.92 Å². The van der Waals surface area contributed by atoms with Crippen LogP contribution >= 0.6 is 11.6 Å². The van der Waals surface area contributed by atoms with Gasteiger partial charge in [-0.2, -0.15) is 13.9 Å². The van der Waals surface area contributed by atoms with Gasteiger partial charge in [-0.25, -0.2) is 9.50 Å². The predicted octanol–water partition coefficient (Wildman–Crippen LogP) is 4.01. The molecule has 1 aromatic carbocycles. The van der Waals surface area contributed by atoms with Crippen molar-refractivity contribution in [3.8, 4) is 22.6 Å². The Bertz CT molecular complexity index is 906. The Morgan fingerprint density at radius 3 is 2.46 bits per heavy atom. The zero-order valence-electron chi connectivity index (χ0n) is 13.2. The minimum Gasteiger partial charge on any atom is -0.493 e. The molecular weight excluding hydrogens is 340 g/mol. The van der Waals surface area contributed by atoms with Gasteiger partial charge in [-0.05, 0) is 42.3 Å². The largest absolute Gasteiger partial charge is 0.493 e. The second kappa shape index (κ2) is 5.90. The number of halogens is 3. The molecule has 2 heterocycles. The third-order valence-electron chi connectivity index (χ3n) is 3.58. The summed E-state index contributed by atoms with van der Waals surface area (Å²) in [6, 6.07) is 6.45. The van der Waals surface area contributed by atoms with Gasteiger partial charge in [-0.3, -0.25) is 0 Å². The Balaban J connectivity index is 2.23. The first-order valence-corrected chi connectivity index (χ1v) is 7.38. The maximum Gasteiger partial charge on any atom is 0.364 e. The van der Waals surface area contributed by atoms with E-state index in [-0.39, 0.29) is 5.65 Å². The van der Waals surface area contributed by atoms with Crippen LogP contribution in [-0.4, -0.2) is 28.8 Å². The van der Waals surface area contributed by atoms with Crippen LogP contribution in [0.4, 0.5) is 8.78 Å². The van der Waals surface area contributed by atoms with Crippen molar-refractivity contribution in [2.75, 3.05) is 14.2 Å². The Hall–Kier alpha value is -2.41. The van der Waals surface area contributed by atoms with Crippen LogP contribution in [0.15, 0.2) is 30.5 Å². The van der Waals surface area contributed by atoms with E-state index in [4.69, 9.17) is 21.1 Å². The van der Waals surface area contributed by atoms with Crippen LogP contribution in [0.5, 0.6) is 11.5 Å². The quantitative estimate of drug-likeness (QED) is 0.665. The first kappa shape index (κ1) is 16.4. The van der Waals surface area contributed by atoms with Gasteiger partial charge in [0.05, 0.1) is 20.4 Å². The van der Waals surface area contributed by atoms with E-state index >= 15 is 0 Å². The fraction of sp³-hybridized carbons (Fsp3) is 0.250. The first-order valence-electron chi connectivity index (χ1n) is 7.00. The molecule has 8 heteroatoms. The summed E-state index contributed by atoms with van der Waals surface area (Å²) in [6.45, 7) is 1.62. The zero-order valence-corrected chi connectivity index (χ0v) is 13.9. The van der Waals surface area contributed by atoms with E-state index in [0.717, 1.165) is 4.52 Å². The van der Waals surface area contributed by atoms with Crippen molar-refractivity contribution in [1.29, 1.82) is 0 Å². The van der Waals surface area contributed by atoms with Gasteiger partial charge in [-0.15, -0.1) is 0 Å². The molecule has 0 atom stereocenters. The molecular formula is C16H14ClF2N3O2. The summed E-state index contributed by atoms with van der Waals surface area (Å²) in [5.41, 5.74) is 1.57. The van der Waals surface area contributed by atoms with Crippen molar-refractivity contribution in [2.24, 2.45) is 0 Å². The summed E-state index contributed by atoms with van der Waals surface area (Å²) < 4.78 is 38.8. The number of hydrogen-bond donors (Lipinski definition) is 0. The van der Waals surface area contributed by atoms with E-state index in [0.29, 0.717) is 28.3 Å². The van der Waals surface area contributed by atoms with E-state index in [1.54, 1.807) is 25.1 Å². The fourth-order valence-corrected chi connectivity index (χ4v) is 2.63. The molecule has 0 aliphatic heterocycles. The smallest absolute Gasteiger partial charge is 0.364 e. The Morgan fingerprint density at radius 1 is 1.12 bits per heavy atom. The van der Waals surface area contributed by atoms with E-state index < -0.39 is 11.1 Å². The average Bonchev–Trinajstić information content (AvgIpc) is 2.95. The molecule has 0 radical (unpaired) electrons. The lowest BCUT2D eigenvalue weighted by atomic mass is 10.1. The molecule has 24 heavy (non-hydrogen) atoms. The van der Waals surface area contributed by atoms with Gasteiger partial charge in [0.25, 0.3) is 0 Å². The van der Waals surface area contributed by atoms with Crippen LogP contribution in [0.1, 0.15) is 11.4 Å². The molecule has 0 spiro atoms. The van der Waals surface area contributed by atoms with E-state index in [2.05, 4.69) is 10.1 Å². The number of alkyl halides is 3. The van der Waals surface area contributed by atoms with Crippen LogP contribution in [0.3, 0.4) is 0 Å². The van der Waals surface area contributed by atoms with Crippen LogP contribution < -0.4 is 9.47 Å². The Morgan fingerprint density at radius 2 is 1.83 bits per heavy atom. The number of methoxy groups -OCH3 is 2. The summed E-state index contributed by atoms with van der Waals surface area (Å²) >= 11 is 5.19. The highest BCUT2D eigenvalue weighted by Gasteiger charge is 2.32. The molecule has 0 unspecified atom stereocenters. The van der Waals surface area contributed by atoms with Gasteiger partial charge < -0.3 is 9.47 Å². The number of rotatable bonds is 4. The molecule has 0 amide bonds. The third kappa shape index (κ3) is 2.75. The lowest BCUT2D eigenvalue weighted by Gasteiger charge is -2.12. The van der Waals surface area contributed by atoms with Crippen molar-refractivity contribution in [2.45, 2.75) is 12.3 Å². The summed E-state index contributed by atoms with van der Waals surface area (Å²) in [6.07, 6.45) is 1.47. The summed E-state index contributed by atoms with van der Waals surface area (Å²) in [7, 11) is 3.05. The molecule has 5 nitrogen and oxygen atoms in total. The molecule has 0 saturated carbocycles. The van der Waals surface area contributed by atoms with Gasteiger partial charge in [0.2, 0.25) is 0 Å². The molecule has 0 N–H and O–H groups in total. The normalized spacial score (nSPS) is 11.8. The van der Waals surface area contributed by atoms with Gasteiger partial charge in [0.1, 0.15) is 5.69 Å². The second-order valence-corrected chi connectivity index (χ2v) is 5.62. The molecule has 2 aromatic heterocycles. The molecule has 0 bridgehead atoms. The number of fused-ring (bicyclic) bond motifs is 1. The van der Waals surface area contributed by atoms with E-state index in [1.807, 2.05) is 0 Å². The number of aryl methyl sites for hydroxylation is 1. The number of hydrogen-bond acceptors (Lipinski definition) is 4. The van der Waals surface area contributed by atoms with Crippen molar-refractivity contribution in [1.82, 2.24) is 14.6 Å². The second-order valence-electron chi connectivity index (χ2n) is 5.14.